The second kappa shape index (κ2) is 6.64. The Kier molecular flexibility index (Phi) is 5.47. The third kappa shape index (κ3) is 3.93. The summed E-state index contributed by atoms with van der Waals surface area (Å²) in [6, 6.07) is 6.10. The molecule has 1 aromatic carbocycles. The molecular weight excluding hydrogens is 201 g/mol. The van der Waals surface area contributed by atoms with Crippen LogP contribution in [0, 0.1) is 12.7 Å². The normalized spacial score (nSPS) is 12.8. The molecule has 1 rings (SSSR count). The molecule has 0 aliphatic carbocycles. The highest BCUT2D eigenvalue weighted by atomic mass is 19.1. The molecule has 0 fully saturated rings. The molecule has 2 heteroatoms. The molecule has 0 saturated heterocycles. The van der Waals surface area contributed by atoms with E-state index in [1.165, 1.54) is 0 Å². The molecule has 0 spiro atoms. The van der Waals surface area contributed by atoms with Gasteiger partial charge in [-0.1, -0.05) is 26.0 Å². The SMILES string of the molecule is CCNC(CC)CCc1ccc(C)c(F)c1. The number of benzene rings is 1. The topological polar surface area (TPSA) is 12.0 Å². The Morgan fingerprint density at radius 2 is 2.06 bits per heavy atom. The first-order valence-electron chi connectivity index (χ1n) is 6.15. The summed E-state index contributed by atoms with van der Waals surface area (Å²) < 4.78 is 13.3. The molecule has 1 nitrogen and oxygen atoms in total. The van der Waals surface area contributed by atoms with Crippen LogP contribution in [0.25, 0.3) is 0 Å². The lowest BCUT2D eigenvalue weighted by atomic mass is 10.0. The van der Waals surface area contributed by atoms with Crippen molar-refractivity contribution in [3.63, 3.8) is 0 Å². The van der Waals surface area contributed by atoms with E-state index in [0.29, 0.717) is 6.04 Å². The molecule has 0 aromatic heterocycles. The summed E-state index contributed by atoms with van der Waals surface area (Å²) in [5, 5.41) is 3.43. The maximum atomic E-state index is 13.3. The van der Waals surface area contributed by atoms with Gasteiger partial charge in [-0.15, -0.1) is 0 Å². The molecule has 0 aliphatic rings. The van der Waals surface area contributed by atoms with Crippen molar-refractivity contribution in [2.24, 2.45) is 0 Å². The van der Waals surface area contributed by atoms with Gasteiger partial charge in [0, 0.05) is 6.04 Å². The van der Waals surface area contributed by atoms with Crippen molar-refractivity contribution in [1.29, 1.82) is 0 Å². The van der Waals surface area contributed by atoms with Crippen LogP contribution in [0.4, 0.5) is 4.39 Å². The van der Waals surface area contributed by atoms with Crippen LogP contribution in [0.2, 0.25) is 0 Å². The first-order chi connectivity index (χ1) is 7.67. The lowest BCUT2D eigenvalue weighted by Gasteiger charge is -2.15. The largest absolute Gasteiger partial charge is 0.314 e. The molecule has 0 heterocycles. The molecule has 1 unspecified atom stereocenters. The third-order valence-corrected chi connectivity index (χ3v) is 3.00. The van der Waals surface area contributed by atoms with Crippen molar-refractivity contribution >= 4 is 0 Å². The number of aryl methyl sites for hydroxylation is 2. The van der Waals surface area contributed by atoms with Gasteiger partial charge in [-0.05, 0) is 49.9 Å². The summed E-state index contributed by atoms with van der Waals surface area (Å²) in [4.78, 5) is 0. The summed E-state index contributed by atoms with van der Waals surface area (Å²) in [6.07, 6.45) is 3.15. The minimum atomic E-state index is -0.0889. The first kappa shape index (κ1) is 13.2. The van der Waals surface area contributed by atoms with E-state index < -0.39 is 0 Å². The van der Waals surface area contributed by atoms with Crippen LogP contribution in [0.1, 0.15) is 37.8 Å². The predicted octanol–water partition coefficient (Wildman–Crippen LogP) is 3.45. The average molecular weight is 223 g/mol. The fourth-order valence-corrected chi connectivity index (χ4v) is 1.87. The Morgan fingerprint density at radius 3 is 2.62 bits per heavy atom. The van der Waals surface area contributed by atoms with Crippen LogP contribution in [0.3, 0.4) is 0 Å². The fourth-order valence-electron chi connectivity index (χ4n) is 1.87. The Hall–Kier alpha value is -0.890. The van der Waals surface area contributed by atoms with Crippen LogP contribution in [0.15, 0.2) is 18.2 Å². The van der Waals surface area contributed by atoms with Crippen molar-refractivity contribution in [2.45, 2.75) is 46.1 Å². The summed E-state index contributed by atoms with van der Waals surface area (Å²) in [5.74, 6) is -0.0889. The molecule has 0 bridgehead atoms. The van der Waals surface area contributed by atoms with E-state index in [1.807, 2.05) is 12.1 Å². The van der Waals surface area contributed by atoms with Crippen molar-refractivity contribution in [1.82, 2.24) is 5.32 Å². The van der Waals surface area contributed by atoms with Crippen molar-refractivity contribution < 1.29 is 4.39 Å². The maximum absolute atomic E-state index is 13.3. The highest BCUT2D eigenvalue weighted by Gasteiger charge is 2.05. The first-order valence-corrected chi connectivity index (χ1v) is 6.15. The fraction of sp³-hybridized carbons (Fsp3) is 0.571. The predicted molar refractivity (Wildman–Crippen MR) is 67.2 cm³/mol. The van der Waals surface area contributed by atoms with Crippen LogP contribution in [-0.4, -0.2) is 12.6 Å². The van der Waals surface area contributed by atoms with Gasteiger partial charge in [0.05, 0.1) is 0 Å². The van der Waals surface area contributed by atoms with Gasteiger partial charge >= 0.3 is 0 Å². The van der Waals surface area contributed by atoms with Gasteiger partial charge < -0.3 is 5.32 Å². The highest BCUT2D eigenvalue weighted by molar-refractivity contribution is 5.23. The summed E-state index contributed by atoms with van der Waals surface area (Å²) >= 11 is 0. The van der Waals surface area contributed by atoms with E-state index in [4.69, 9.17) is 0 Å². The van der Waals surface area contributed by atoms with Gasteiger partial charge in [-0.3, -0.25) is 0 Å². The summed E-state index contributed by atoms with van der Waals surface area (Å²) in [5.41, 5.74) is 1.82. The molecular formula is C14H22FN. The van der Waals surface area contributed by atoms with Gasteiger partial charge in [0.15, 0.2) is 0 Å². The molecule has 1 aromatic rings. The van der Waals surface area contributed by atoms with Gasteiger partial charge in [0.2, 0.25) is 0 Å². The molecule has 0 amide bonds. The number of nitrogens with one attached hydrogen (secondary N) is 1. The lowest BCUT2D eigenvalue weighted by Crippen LogP contribution is -2.28. The minimum absolute atomic E-state index is 0.0889. The van der Waals surface area contributed by atoms with Crippen LogP contribution < -0.4 is 5.32 Å². The zero-order valence-electron chi connectivity index (χ0n) is 10.5. The quantitative estimate of drug-likeness (QED) is 0.779. The van der Waals surface area contributed by atoms with E-state index in [9.17, 15) is 4.39 Å². The lowest BCUT2D eigenvalue weighted by molar-refractivity contribution is 0.480. The Morgan fingerprint density at radius 1 is 1.31 bits per heavy atom. The molecule has 90 valence electrons. The van der Waals surface area contributed by atoms with E-state index in [1.54, 1.807) is 13.0 Å². The Bertz CT molecular complexity index is 323. The molecule has 0 radical (unpaired) electrons. The number of hydrogen-bond donors (Lipinski definition) is 1. The summed E-state index contributed by atoms with van der Waals surface area (Å²) in [7, 11) is 0. The van der Waals surface area contributed by atoms with Crippen LogP contribution in [0.5, 0.6) is 0 Å². The van der Waals surface area contributed by atoms with E-state index in [2.05, 4.69) is 19.2 Å². The smallest absolute Gasteiger partial charge is 0.126 e. The van der Waals surface area contributed by atoms with Crippen LogP contribution in [-0.2, 0) is 6.42 Å². The van der Waals surface area contributed by atoms with E-state index in [0.717, 1.165) is 36.9 Å². The van der Waals surface area contributed by atoms with Gasteiger partial charge in [0.25, 0.3) is 0 Å². The number of halogens is 1. The maximum Gasteiger partial charge on any atom is 0.126 e. The van der Waals surface area contributed by atoms with Crippen molar-refractivity contribution in [3.8, 4) is 0 Å². The third-order valence-electron chi connectivity index (χ3n) is 3.00. The Balaban J connectivity index is 2.50. The molecule has 1 N–H and O–H groups in total. The van der Waals surface area contributed by atoms with Gasteiger partial charge in [-0.2, -0.15) is 0 Å². The van der Waals surface area contributed by atoms with Crippen molar-refractivity contribution in [2.75, 3.05) is 6.54 Å². The summed E-state index contributed by atoms with van der Waals surface area (Å²) in [6.45, 7) is 7.10. The van der Waals surface area contributed by atoms with Gasteiger partial charge in [0.1, 0.15) is 5.82 Å². The molecule has 0 saturated carbocycles. The minimum Gasteiger partial charge on any atom is -0.314 e. The Labute approximate surface area is 98.1 Å². The van der Waals surface area contributed by atoms with E-state index in [-0.39, 0.29) is 5.82 Å². The standard InChI is InChI=1S/C14H22FN/c1-4-13(16-5-2)9-8-12-7-6-11(3)14(15)10-12/h6-7,10,13,16H,4-5,8-9H2,1-3H3. The highest BCUT2D eigenvalue weighted by Crippen LogP contribution is 2.12. The van der Waals surface area contributed by atoms with Gasteiger partial charge in [-0.25, -0.2) is 4.39 Å². The number of rotatable bonds is 6. The molecule has 0 aliphatic heterocycles. The second-order valence-corrected chi connectivity index (χ2v) is 4.29. The monoisotopic (exact) mass is 223 g/mol. The zero-order chi connectivity index (χ0) is 12.0. The average Bonchev–Trinajstić information content (AvgIpc) is 2.28. The van der Waals surface area contributed by atoms with E-state index >= 15 is 0 Å². The molecule has 1 atom stereocenters. The zero-order valence-corrected chi connectivity index (χ0v) is 10.5. The van der Waals surface area contributed by atoms with Crippen molar-refractivity contribution in [3.05, 3.63) is 35.1 Å². The van der Waals surface area contributed by atoms with Crippen LogP contribution >= 0.6 is 0 Å². The number of hydrogen-bond acceptors (Lipinski definition) is 1. The molecule has 16 heavy (non-hydrogen) atoms. The second-order valence-electron chi connectivity index (χ2n) is 4.29.